The summed E-state index contributed by atoms with van der Waals surface area (Å²) < 4.78 is 5.35. The molecule has 0 saturated carbocycles. The molecule has 0 aliphatic carbocycles. The number of benzene rings is 1. The number of hydrogen-bond donors (Lipinski definition) is 2. The van der Waals surface area contributed by atoms with Crippen molar-refractivity contribution in [3.05, 3.63) is 30.3 Å². The van der Waals surface area contributed by atoms with Crippen LogP contribution in [-0.4, -0.2) is 19.2 Å². The Labute approximate surface area is 72.3 Å². The highest BCUT2D eigenvalue weighted by Gasteiger charge is 1.99. The minimum atomic E-state index is -0.0785. The van der Waals surface area contributed by atoms with E-state index >= 15 is 0 Å². The van der Waals surface area contributed by atoms with Gasteiger partial charge >= 0.3 is 0 Å². The standard InChI is InChI=1S/C9H14N2O/c10-6-8(11)7-12-9-4-2-1-3-5-9/h1-5,8H,6-7,10-11H2/t8-/m1/s1. The molecule has 0 unspecified atom stereocenters. The van der Waals surface area contributed by atoms with Gasteiger partial charge in [-0.1, -0.05) is 18.2 Å². The number of nitrogens with two attached hydrogens (primary N) is 2. The van der Waals surface area contributed by atoms with E-state index in [1.165, 1.54) is 0 Å². The van der Waals surface area contributed by atoms with E-state index < -0.39 is 0 Å². The minimum absolute atomic E-state index is 0.0785. The Morgan fingerprint density at radius 2 is 1.92 bits per heavy atom. The molecular formula is C9H14N2O. The normalized spacial score (nSPS) is 12.5. The maximum atomic E-state index is 5.57. The van der Waals surface area contributed by atoms with Crippen LogP contribution in [0.15, 0.2) is 30.3 Å². The number of para-hydroxylation sites is 1. The van der Waals surface area contributed by atoms with E-state index in [0.29, 0.717) is 13.2 Å². The zero-order valence-electron chi connectivity index (χ0n) is 6.94. The maximum Gasteiger partial charge on any atom is 0.119 e. The molecule has 0 radical (unpaired) electrons. The third-order valence-electron chi connectivity index (χ3n) is 1.51. The highest BCUT2D eigenvalue weighted by Crippen LogP contribution is 2.07. The van der Waals surface area contributed by atoms with Gasteiger partial charge in [0.25, 0.3) is 0 Å². The van der Waals surface area contributed by atoms with E-state index in [9.17, 15) is 0 Å². The van der Waals surface area contributed by atoms with Crippen LogP contribution in [0.2, 0.25) is 0 Å². The van der Waals surface area contributed by atoms with Crippen molar-refractivity contribution >= 4 is 0 Å². The second-order valence-electron chi connectivity index (χ2n) is 2.62. The summed E-state index contributed by atoms with van der Waals surface area (Å²) in [6, 6.07) is 9.49. The van der Waals surface area contributed by atoms with Gasteiger partial charge in [0.2, 0.25) is 0 Å². The topological polar surface area (TPSA) is 61.3 Å². The summed E-state index contributed by atoms with van der Waals surface area (Å²) in [4.78, 5) is 0. The van der Waals surface area contributed by atoms with Crippen molar-refractivity contribution < 1.29 is 4.74 Å². The quantitative estimate of drug-likeness (QED) is 0.678. The molecule has 0 amide bonds. The van der Waals surface area contributed by atoms with Crippen LogP contribution in [0.3, 0.4) is 0 Å². The van der Waals surface area contributed by atoms with E-state index in [2.05, 4.69) is 0 Å². The van der Waals surface area contributed by atoms with Gasteiger partial charge < -0.3 is 16.2 Å². The molecule has 3 nitrogen and oxygen atoms in total. The van der Waals surface area contributed by atoms with Crippen LogP contribution in [0.5, 0.6) is 5.75 Å². The lowest BCUT2D eigenvalue weighted by Crippen LogP contribution is -2.35. The Bertz CT molecular complexity index is 213. The van der Waals surface area contributed by atoms with Crippen molar-refractivity contribution in [2.45, 2.75) is 6.04 Å². The van der Waals surface area contributed by atoms with Crippen molar-refractivity contribution in [3.8, 4) is 5.75 Å². The average molecular weight is 166 g/mol. The van der Waals surface area contributed by atoms with Crippen LogP contribution in [0.25, 0.3) is 0 Å². The Morgan fingerprint density at radius 1 is 1.25 bits per heavy atom. The van der Waals surface area contributed by atoms with Gasteiger partial charge in [-0.2, -0.15) is 0 Å². The van der Waals surface area contributed by atoms with Crippen LogP contribution in [0.4, 0.5) is 0 Å². The first-order valence-electron chi connectivity index (χ1n) is 3.96. The fraction of sp³-hybridized carbons (Fsp3) is 0.333. The van der Waals surface area contributed by atoms with Crippen molar-refractivity contribution in [3.63, 3.8) is 0 Å². The molecular weight excluding hydrogens is 152 g/mol. The summed E-state index contributed by atoms with van der Waals surface area (Å²) in [5, 5.41) is 0. The molecule has 1 atom stereocenters. The molecule has 1 aromatic rings. The van der Waals surface area contributed by atoms with Crippen LogP contribution in [0, 0.1) is 0 Å². The van der Waals surface area contributed by atoms with Gasteiger partial charge in [0.05, 0.1) is 6.04 Å². The second kappa shape index (κ2) is 4.74. The molecule has 4 N–H and O–H groups in total. The van der Waals surface area contributed by atoms with Crippen LogP contribution < -0.4 is 16.2 Å². The number of rotatable bonds is 4. The van der Waals surface area contributed by atoms with Gasteiger partial charge in [-0.25, -0.2) is 0 Å². The third kappa shape index (κ3) is 2.90. The summed E-state index contributed by atoms with van der Waals surface area (Å²) in [5.74, 6) is 0.835. The fourth-order valence-electron chi connectivity index (χ4n) is 0.788. The Hall–Kier alpha value is -1.06. The summed E-state index contributed by atoms with van der Waals surface area (Å²) in [6.07, 6.45) is 0. The van der Waals surface area contributed by atoms with Gasteiger partial charge in [-0.15, -0.1) is 0 Å². The summed E-state index contributed by atoms with van der Waals surface area (Å²) in [6.45, 7) is 0.924. The predicted octanol–water partition coefficient (Wildman–Crippen LogP) is 0.351. The Balaban J connectivity index is 2.33. The molecule has 0 aromatic heterocycles. The molecule has 0 heterocycles. The van der Waals surface area contributed by atoms with Crippen molar-refractivity contribution in [1.29, 1.82) is 0 Å². The number of ether oxygens (including phenoxy) is 1. The monoisotopic (exact) mass is 166 g/mol. The van der Waals surface area contributed by atoms with Crippen molar-refractivity contribution in [2.75, 3.05) is 13.2 Å². The molecule has 1 aromatic carbocycles. The van der Waals surface area contributed by atoms with Gasteiger partial charge in [-0.05, 0) is 12.1 Å². The largest absolute Gasteiger partial charge is 0.492 e. The molecule has 0 bridgehead atoms. The maximum absolute atomic E-state index is 5.57. The van der Waals surface area contributed by atoms with Gasteiger partial charge in [0.15, 0.2) is 0 Å². The van der Waals surface area contributed by atoms with Crippen LogP contribution in [0.1, 0.15) is 0 Å². The molecule has 0 fully saturated rings. The van der Waals surface area contributed by atoms with Crippen LogP contribution in [-0.2, 0) is 0 Å². The van der Waals surface area contributed by atoms with E-state index in [0.717, 1.165) is 5.75 Å². The zero-order valence-corrected chi connectivity index (χ0v) is 6.94. The minimum Gasteiger partial charge on any atom is -0.492 e. The van der Waals surface area contributed by atoms with E-state index in [-0.39, 0.29) is 6.04 Å². The average Bonchev–Trinajstić information content (AvgIpc) is 2.16. The molecule has 3 heteroatoms. The zero-order chi connectivity index (χ0) is 8.81. The Morgan fingerprint density at radius 3 is 2.50 bits per heavy atom. The van der Waals surface area contributed by atoms with Gasteiger partial charge in [0.1, 0.15) is 12.4 Å². The highest BCUT2D eigenvalue weighted by atomic mass is 16.5. The smallest absolute Gasteiger partial charge is 0.119 e. The van der Waals surface area contributed by atoms with Crippen molar-refractivity contribution in [2.24, 2.45) is 11.5 Å². The van der Waals surface area contributed by atoms with Crippen molar-refractivity contribution in [1.82, 2.24) is 0 Å². The lowest BCUT2D eigenvalue weighted by Gasteiger charge is -2.10. The van der Waals surface area contributed by atoms with E-state index in [4.69, 9.17) is 16.2 Å². The summed E-state index contributed by atoms with van der Waals surface area (Å²) >= 11 is 0. The van der Waals surface area contributed by atoms with E-state index in [1.54, 1.807) is 0 Å². The lowest BCUT2D eigenvalue weighted by molar-refractivity contribution is 0.291. The first kappa shape index (κ1) is 9.03. The van der Waals surface area contributed by atoms with Gasteiger partial charge in [-0.3, -0.25) is 0 Å². The lowest BCUT2D eigenvalue weighted by atomic mass is 10.3. The predicted molar refractivity (Wildman–Crippen MR) is 49.0 cm³/mol. The van der Waals surface area contributed by atoms with Crippen LogP contribution >= 0.6 is 0 Å². The fourth-order valence-corrected chi connectivity index (χ4v) is 0.788. The molecule has 12 heavy (non-hydrogen) atoms. The molecule has 0 aliphatic rings. The Kier molecular flexibility index (Phi) is 3.57. The molecule has 66 valence electrons. The second-order valence-corrected chi connectivity index (χ2v) is 2.62. The molecule has 0 saturated heterocycles. The SMILES string of the molecule is NC[C@@H](N)COc1ccccc1. The highest BCUT2D eigenvalue weighted by molar-refractivity contribution is 5.20. The first-order valence-corrected chi connectivity index (χ1v) is 3.96. The van der Waals surface area contributed by atoms with E-state index in [1.807, 2.05) is 30.3 Å². The van der Waals surface area contributed by atoms with Gasteiger partial charge in [0, 0.05) is 6.54 Å². The molecule has 1 rings (SSSR count). The third-order valence-corrected chi connectivity index (χ3v) is 1.51. The molecule has 0 aliphatic heterocycles. The summed E-state index contributed by atoms with van der Waals surface area (Å²) in [5.41, 5.74) is 10.9. The summed E-state index contributed by atoms with van der Waals surface area (Å²) in [7, 11) is 0. The molecule has 0 spiro atoms. The first-order chi connectivity index (χ1) is 5.83. The number of hydrogen-bond acceptors (Lipinski definition) is 3.